The first-order chi connectivity index (χ1) is 7.75. The molecule has 0 bridgehead atoms. The molecule has 1 aromatic carbocycles. The predicted molar refractivity (Wildman–Crippen MR) is 64.8 cm³/mol. The van der Waals surface area contributed by atoms with Gasteiger partial charge in [0.15, 0.2) is 0 Å². The molecule has 1 nitrogen and oxygen atoms in total. The zero-order chi connectivity index (χ0) is 11.4. The number of halogens is 1. The summed E-state index contributed by atoms with van der Waals surface area (Å²) in [6.07, 6.45) is 6.66. The van der Waals surface area contributed by atoms with Crippen LogP contribution in [0.4, 0.5) is 4.39 Å². The lowest BCUT2D eigenvalue weighted by Crippen LogP contribution is -2.30. The van der Waals surface area contributed by atoms with Gasteiger partial charge in [-0.15, -0.1) is 0 Å². The van der Waals surface area contributed by atoms with Crippen LogP contribution in [0.1, 0.15) is 43.2 Å². The predicted octanol–water partition coefficient (Wildman–Crippen LogP) is 3.56. The summed E-state index contributed by atoms with van der Waals surface area (Å²) in [5.41, 5.74) is 2.26. The fraction of sp³-hybridized carbons (Fsp3) is 0.571. The molecule has 0 spiro atoms. The molecule has 1 fully saturated rings. The summed E-state index contributed by atoms with van der Waals surface area (Å²) in [6, 6.07) is 5.71. The van der Waals surface area contributed by atoms with Crippen molar-refractivity contribution in [3.05, 3.63) is 35.1 Å². The van der Waals surface area contributed by atoms with Gasteiger partial charge in [0.25, 0.3) is 0 Å². The van der Waals surface area contributed by atoms with Crippen molar-refractivity contribution in [1.29, 1.82) is 0 Å². The molecule has 1 saturated carbocycles. The lowest BCUT2D eigenvalue weighted by atomic mass is 9.95. The van der Waals surface area contributed by atoms with E-state index in [2.05, 4.69) is 5.32 Å². The summed E-state index contributed by atoms with van der Waals surface area (Å²) in [7, 11) is 0. The van der Waals surface area contributed by atoms with Gasteiger partial charge in [-0.25, -0.2) is 4.39 Å². The highest BCUT2D eigenvalue weighted by molar-refractivity contribution is 5.26. The molecule has 88 valence electrons. The van der Waals surface area contributed by atoms with E-state index in [9.17, 15) is 4.39 Å². The Kier molecular flexibility index (Phi) is 3.94. The van der Waals surface area contributed by atoms with Gasteiger partial charge in [-0.2, -0.15) is 0 Å². The van der Waals surface area contributed by atoms with Crippen LogP contribution < -0.4 is 5.32 Å². The van der Waals surface area contributed by atoms with E-state index < -0.39 is 0 Å². The SMILES string of the molecule is Cc1cc(F)ccc1CNC1CCCCC1. The molecule has 1 aliphatic carbocycles. The van der Waals surface area contributed by atoms with Gasteiger partial charge in [0.2, 0.25) is 0 Å². The number of aryl methyl sites for hydroxylation is 1. The van der Waals surface area contributed by atoms with E-state index in [1.54, 1.807) is 12.1 Å². The van der Waals surface area contributed by atoms with Crippen molar-refractivity contribution in [2.75, 3.05) is 0 Å². The average Bonchev–Trinajstić information content (AvgIpc) is 2.29. The molecule has 1 aliphatic rings. The van der Waals surface area contributed by atoms with Gasteiger partial charge in [-0.1, -0.05) is 25.3 Å². The van der Waals surface area contributed by atoms with Crippen LogP contribution in [0.2, 0.25) is 0 Å². The van der Waals surface area contributed by atoms with E-state index in [1.807, 2.05) is 13.0 Å². The summed E-state index contributed by atoms with van der Waals surface area (Å²) in [5.74, 6) is -0.140. The Labute approximate surface area is 97.1 Å². The van der Waals surface area contributed by atoms with Gasteiger partial charge in [-0.05, 0) is 43.0 Å². The van der Waals surface area contributed by atoms with Crippen molar-refractivity contribution in [1.82, 2.24) is 5.32 Å². The van der Waals surface area contributed by atoms with Crippen molar-refractivity contribution in [3.63, 3.8) is 0 Å². The maximum atomic E-state index is 12.9. The molecule has 0 heterocycles. The van der Waals surface area contributed by atoms with E-state index in [-0.39, 0.29) is 5.82 Å². The first-order valence-corrected chi connectivity index (χ1v) is 6.24. The smallest absolute Gasteiger partial charge is 0.123 e. The monoisotopic (exact) mass is 221 g/mol. The number of benzene rings is 1. The van der Waals surface area contributed by atoms with Crippen molar-refractivity contribution in [2.24, 2.45) is 0 Å². The Balaban J connectivity index is 1.88. The second-order valence-corrected chi connectivity index (χ2v) is 4.79. The molecular weight excluding hydrogens is 201 g/mol. The van der Waals surface area contributed by atoms with Crippen LogP contribution >= 0.6 is 0 Å². The number of rotatable bonds is 3. The minimum Gasteiger partial charge on any atom is -0.310 e. The molecule has 0 aromatic heterocycles. The highest BCUT2D eigenvalue weighted by Gasteiger charge is 2.12. The molecule has 1 aromatic rings. The summed E-state index contributed by atoms with van der Waals surface area (Å²) in [4.78, 5) is 0. The first kappa shape index (κ1) is 11.6. The molecule has 0 unspecified atom stereocenters. The largest absolute Gasteiger partial charge is 0.310 e. The lowest BCUT2D eigenvalue weighted by Gasteiger charge is -2.23. The molecule has 0 amide bonds. The van der Waals surface area contributed by atoms with Gasteiger partial charge >= 0.3 is 0 Å². The van der Waals surface area contributed by atoms with Crippen LogP contribution in [-0.4, -0.2) is 6.04 Å². The maximum absolute atomic E-state index is 12.9. The average molecular weight is 221 g/mol. The molecule has 2 heteroatoms. The Morgan fingerprint density at radius 3 is 2.69 bits per heavy atom. The zero-order valence-electron chi connectivity index (χ0n) is 9.93. The van der Waals surface area contributed by atoms with E-state index >= 15 is 0 Å². The van der Waals surface area contributed by atoms with Crippen molar-refractivity contribution < 1.29 is 4.39 Å². The highest BCUT2D eigenvalue weighted by Crippen LogP contribution is 2.18. The van der Waals surface area contributed by atoms with Gasteiger partial charge in [0.05, 0.1) is 0 Å². The van der Waals surface area contributed by atoms with Gasteiger partial charge < -0.3 is 5.32 Å². The maximum Gasteiger partial charge on any atom is 0.123 e. The van der Waals surface area contributed by atoms with E-state index in [4.69, 9.17) is 0 Å². The summed E-state index contributed by atoms with van der Waals surface area (Å²) in [6.45, 7) is 2.84. The minimum absolute atomic E-state index is 0.140. The van der Waals surface area contributed by atoms with Crippen LogP contribution in [0.5, 0.6) is 0 Å². The van der Waals surface area contributed by atoms with Crippen LogP contribution in [-0.2, 0) is 6.54 Å². The Morgan fingerprint density at radius 1 is 1.25 bits per heavy atom. The first-order valence-electron chi connectivity index (χ1n) is 6.24. The quantitative estimate of drug-likeness (QED) is 0.823. The Hall–Kier alpha value is -0.890. The second-order valence-electron chi connectivity index (χ2n) is 4.79. The molecule has 0 radical (unpaired) electrons. The van der Waals surface area contributed by atoms with Crippen LogP contribution in [0.25, 0.3) is 0 Å². The van der Waals surface area contributed by atoms with E-state index in [1.165, 1.54) is 37.7 Å². The summed E-state index contributed by atoms with van der Waals surface area (Å²) >= 11 is 0. The molecule has 0 atom stereocenters. The van der Waals surface area contributed by atoms with Crippen LogP contribution in [0.15, 0.2) is 18.2 Å². The normalized spacial score (nSPS) is 17.6. The summed E-state index contributed by atoms with van der Waals surface area (Å²) < 4.78 is 12.9. The van der Waals surface area contributed by atoms with E-state index in [0.717, 1.165) is 12.1 Å². The van der Waals surface area contributed by atoms with Crippen molar-refractivity contribution in [3.8, 4) is 0 Å². The number of hydrogen-bond donors (Lipinski definition) is 1. The molecule has 0 aliphatic heterocycles. The standard InChI is InChI=1S/C14H20FN/c1-11-9-13(15)8-7-12(11)10-16-14-5-3-2-4-6-14/h7-9,14,16H,2-6,10H2,1H3. The molecule has 16 heavy (non-hydrogen) atoms. The number of nitrogens with one attached hydrogen (secondary N) is 1. The second kappa shape index (κ2) is 5.44. The molecule has 1 N–H and O–H groups in total. The fourth-order valence-corrected chi connectivity index (χ4v) is 2.42. The Morgan fingerprint density at radius 2 is 2.00 bits per heavy atom. The van der Waals surface area contributed by atoms with Crippen LogP contribution in [0.3, 0.4) is 0 Å². The highest BCUT2D eigenvalue weighted by atomic mass is 19.1. The minimum atomic E-state index is -0.140. The van der Waals surface area contributed by atoms with Gasteiger partial charge in [0, 0.05) is 12.6 Å². The van der Waals surface area contributed by atoms with Crippen LogP contribution in [0, 0.1) is 12.7 Å². The summed E-state index contributed by atoms with van der Waals surface area (Å²) in [5, 5.41) is 3.58. The third-order valence-corrected chi connectivity index (χ3v) is 3.49. The Bertz CT molecular complexity index is 343. The molecule has 2 rings (SSSR count). The van der Waals surface area contributed by atoms with Crippen molar-refractivity contribution in [2.45, 2.75) is 51.6 Å². The van der Waals surface area contributed by atoms with E-state index in [0.29, 0.717) is 6.04 Å². The van der Waals surface area contributed by atoms with Gasteiger partial charge in [0.1, 0.15) is 5.82 Å². The third-order valence-electron chi connectivity index (χ3n) is 3.49. The molecular formula is C14H20FN. The third kappa shape index (κ3) is 3.05. The lowest BCUT2D eigenvalue weighted by molar-refractivity contribution is 0.372. The fourth-order valence-electron chi connectivity index (χ4n) is 2.42. The number of hydrogen-bond acceptors (Lipinski definition) is 1. The zero-order valence-corrected chi connectivity index (χ0v) is 9.93. The topological polar surface area (TPSA) is 12.0 Å². The molecule has 0 saturated heterocycles. The van der Waals surface area contributed by atoms with Gasteiger partial charge in [-0.3, -0.25) is 0 Å². The van der Waals surface area contributed by atoms with Crippen molar-refractivity contribution >= 4 is 0 Å².